The number of hydrogen-bond acceptors (Lipinski definition) is 3. The maximum absolute atomic E-state index is 10.4. The number of aliphatic hydroxyl groups is 1. The summed E-state index contributed by atoms with van der Waals surface area (Å²) in [4.78, 5) is 3.77. The van der Waals surface area contributed by atoms with Crippen LogP contribution in [-0.2, 0) is 45.6 Å². The number of furan rings is 1. The summed E-state index contributed by atoms with van der Waals surface area (Å²) in [6.07, 6.45) is 7.26. The van der Waals surface area contributed by atoms with Crippen molar-refractivity contribution in [1.82, 2.24) is 0 Å². The van der Waals surface area contributed by atoms with Crippen LogP contribution in [0.15, 0.2) is 40.8 Å². The largest absolute Gasteiger partial charge is 0.596 e. The van der Waals surface area contributed by atoms with Gasteiger partial charge < -0.3 is 19.5 Å². The van der Waals surface area contributed by atoms with Gasteiger partial charge in [-0.25, -0.2) is 6.57 Å². The zero-order valence-electron chi connectivity index (χ0n) is 14.8. The van der Waals surface area contributed by atoms with Gasteiger partial charge in [0.25, 0.3) is 0 Å². The van der Waals surface area contributed by atoms with E-state index in [1.807, 2.05) is 18.2 Å². The second kappa shape index (κ2) is 10.3. The molecular formula is C21H24NO3Y-. The molecule has 2 unspecified atom stereocenters. The zero-order chi connectivity index (χ0) is 17.6. The van der Waals surface area contributed by atoms with Crippen molar-refractivity contribution in [3.05, 3.63) is 65.4 Å². The fraction of sp³-hybridized carbons (Fsp3) is 0.476. The minimum atomic E-state index is -0.392. The van der Waals surface area contributed by atoms with Gasteiger partial charge in [-0.05, 0) is 49.1 Å². The molecule has 135 valence electrons. The van der Waals surface area contributed by atoms with Crippen molar-refractivity contribution in [2.45, 2.75) is 50.7 Å². The smallest absolute Gasteiger partial charge is 0.229 e. The maximum Gasteiger partial charge on any atom is 0.229 e. The first-order valence-corrected chi connectivity index (χ1v) is 8.94. The molecule has 1 aliphatic rings. The number of phenols is 1. The van der Waals surface area contributed by atoms with Crippen molar-refractivity contribution in [2.75, 3.05) is 0 Å². The Hall–Kier alpha value is -1.15. The SMILES string of the molecule is [C-]#[N+]C1CC(O)[C@H](CCCc2cc[c-]o2)[C@H]1CCc1cccc(O)c1.[Y]. The average Bonchev–Trinajstić information content (AvgIpc) is 3.22. The van der Waals surface area contributed by atoms with E-state index in [1.165, 1.54) is 0 Å². The molecule has 2 N–H and O–H groups in total. The van der Waals surface area contributed by atoms with Crippen LogP contribution in [0.4, 0.5) is 0 Å². The maximum atomic E-state index is 10.4. The Morgan fingerprint density at radius 1 is 1.19 bits per heavy atom. The van der Waals surface area contributed by atoms with Crippen LogP contribution in [0.1, 0.15) is 37.0 Å². The molecule has 4 atom stereocenters. The number of aromatic hydroxyl groups is 1. The van der Waals surface area contributed by atoms with Gasteiger partial charge in [0.1, 0.15) is 5.75 Å². The van der Waals surface area contributed by atoms with Crippen LogP contribution in [0.25, 0.3) is 4.85 Å². The molecule has 5 heteroatoms. The molecule has 0 saturated heterocycles. The molecule has 0 aliphatic heterocycles. The molecule has 3 rings (SSSR count). The van der Waals surface area contributed by atoms with E-state index in [0.717, 1.165) is 43.4 Å². The molecular weight excluding hydrogens is 403 g/mol. The zero-order valence-corrected chi connectivity index (χ0v) is 17.7. The van der Waals surface area contributed by atoms with E-state index in [0.29, 0.717) is 6.42 Å². The van der Waals surface area contributed by atoms with Crippen molar-refractivity contribution in [3.63, 3.8) is 0 Å². The van der Waals surface area contributed by atoms with Crippen LogP contribution in [0.3, 0.4) is 0 Å². The Balaban J connectivity index is 0.00000243. The van der Waals surface area contributed by atoms with E-state index in [9.17, 15) is 10.2 Å². The number of aliphatic hydroxyl groups excluding tert-OH is 1. The van der Waals surface area contributed by atoms with E-state index in [4.69, 9.17) is 11.0 Å². The van der Waals surface area contributed by atoms with Gasteiger partial charge >= 0.3 is 0 Å². The minimum Gasteiger partial charge on any atom is -0.596 e. The summed E-state index contributed by atoms with van der Waals surface area (Å²) >= 11 is 0. The van der Waals surface area contributed by atoms with Gasteiger partial charge in [-0.1, -0.05) is 30.7 Å². The van der Waals surface area contributed by atoms with Crippen molar-refractivity contribution in [2.24, 2.45) is 11.8 Å². The molecule has 1 aromatic carbocycles. The molecule has 0 spiro atoms. The second-order valence-corrected chi connectivity index (χ2v) is 6.95. The fourth-order valence-electron chi connectivity index (χ4n) is 4.09. The Labute approximate surface area is 180 Å². The predicted octanol–water partition coefficient (Wildman–Crippen LogP) is 4.02. The number of phenolic OH excluding ortho intramolecular Hbond substituents is 1. The summed E-state index contributed by atoms with van der Waals surface area (Å²) in [6.45, 7) is 7.47. The first-order chi connectivity index (χ1) is 12.2. The van der Waals surface area contributed by atoms with Gasteiger partial charge in [-0.15, -0.1) is 6.07 Å². The van der Waals surface area contributed by atoms with Gasteiger partial charge in [-0.2, -0.15) is 6.07 Å². The molecule has 1 fully saturated rings. The Bertz CT molecular complexity index is 710. The molecule has 0 bridgehead atoms. The fourth-order valence-corrected chi connectivity index (χ4v) is 4.09. The van der Waals surface area contributed by atoms with Crippen LogP contribution in [0, 0.1) is 24.7 Å². The first-order valence-electron chi connectivity index (χ1n) is 8.94. The number of hydrogen-bond donors (Lipinski definition) is 2. The summed E-state index contributed by atoms with van der Waals surface area (Å²) in [6, 6.07) is 10.9. The topological polar surface area (TPSA) is 58.0 Å². The van der Waals surface area contributed by atoms with Gasteiger partial charge in [0, 0.05) is 45.0 Å². The Morgan fingerprint density at radius 2 is 2.04 bits per heavy atom. The van der Waals surface area contributed by atoms with E-state index in [-0.39, 0.29) is 56.3 Å². The van der Waals surface area contributed by atoms with Gasteiger partial charge in [-0.3, -0.25) is 0 Å². The Kier molecular flexibility index (Phi) is 8.35. The van der Waals surface area contributed by atoms with Crippen LogP contribution in [0.5, 0.6) is 5.75 Å². The van der Waals surface area contributed by atoms with Crippen molar-refractivity contribution in [1.29, 1.82) is 0 Å². The molecule has 1 heterocycles. The monoisotopic (exact) mass is 427 g/mol. The predicted molar refractivity (Wildman–Crippen MR) is 94.9 cm³/mol. The van der Waals surface area contributed by atoms with Crippen molar-refractivity contribution < 1.29 is 47.3 Å². The normalized spacial score (nSPS) is 24.8. The molecule has 1 aliphatic carbocycles. The Morgan fingerprint density at radius 3 is 2.73 bits per heavy atom. The van der Waals surface area contributed by atoms with E-state index in [1.54, 1.807) is 18.2 Å². The third kappa shape index (κ3) is 5.43. The third-order valence-corrected chi connectivity index (χ3v) is 5.35. The third-order valence-electron chi connectivity index (χ3n) is 5.35. The summed E-state index contributed by atoms with van der Waals surface area (Å²) in [5.41, 5.74) is 1.08. The molecule has 0 amide bonds. The molecule has 26 heavy (non-hydrogen) atoms. The van der Waals surface area contributed by atoms with E-state index >= 15 is 0 Å². The number of rotatable bonds is 7. The summed E-state index contributed by atoms with van der Waals surface area (Å²) in [7, 11) is 0. The van der Waals surface area contributed by atoms with Gasteiger partial charge in [0.05, 0.1) is 6.10 Å². The van der Waals surface area contributed by atoms with Crippen LogP contribution in [-0.4, -0.2) is 22.4 Å². The molecule has 1 aromatic heterocycles. The number of nitrogens with zero attached hydrogens (tertiary/aromatic N) is 1. The van der Waals surface area contributed by atoms with Crippen LogP contribution >= 0.6 is 0 Å². The number of aryl methyl sites for hydroxylation is 2. The van der Waals surface area contributed by atoms with E-state index in [2.05, 4.69) is 11.1 Å². The average molecular weight is 427 g/mol. The molecule has 1 saturated carbocycles. The standard InChI is InChI=1S/C21H24NO3.Y/c1-22-20-14-21(24)19(9-3-7-17-8-4-12-25-17)18(20)11-10-15-5-2-6-16(23)13-15;/h2,4-6,8,13,18-21,23-24H,3,7,9-11,14H2;/q-1;/t18-,19-,20?,21?;/m1./s1. The van der Waals surface area contributed by atoms with Crippen LogP contribution in [0.2, 0.25) is 0 Å². The van der Waals surface area contributed by atoms with Crippen molar-refractivity contribution in [3.8, 4) is 5.75 Å². The summed E-state index contributed by atoms with van der Waals surface area (Å²) in [5, 5.41) is 20.1. The molecule has 1 radical (unpaired) electrons. The minimum absolute atomic E-state index is 0. The van der Waals surface area contributed by atoms with Crippen molar-refractivity contribution >= 4 is 0 Å². The molecule has 4 nitrogen and oxygen atoms in total. The summed E-state index contributed by atoms with van der Waals surface area (Å²) in [5.74, 6) is 1.57. The first kappa shape index (κ1) is 21.2. The summed E-state index contributed by atoms with van der Waals surface area (Å²) < 4.78 is 5.25. The van der Waals surface area contributed by atoms with Gasteiger partial charge in [0.15, 0.2) is 0 Å². The van der Waals surface area contributed by atoms with E-state index < -0.39 is 6.10 Å². The quantitative estimate of drug-likeness (QED) is 0.657. The number of benzene rings is 1. The molecule has 2 aromatic rings. The van der Waals surface area contributed by atoms with Crippen LogP contribution < -0.4 is 0 Å². The second-order valence-electron chi connectivity index (χ2n) is 6.95. The van der Waals surface area contributed by atoms with Gasteiger partial charge in [0.2, 0.25) is 6.04 Å².